The van der Waals surface area contributed by atoms with Crippen LogP contribution in [0.4, 0.5) is 16.5 Å². The van der Waals surface area contributed by atoms with Crippen LogP contribution in [0, 0.1) is 20.2 Å². The molecule has 0 radical (unpaired) electrons. The molecule has 1 heterocycles. The molecule has 0 aliphatic heterocycles. The van der Waals surface area contributed by atoms with Crippen LogP contribution in [0.25, 0.3) is 0 Å². The van der Waals surface area contributed by atoms with Crippen molar-refractivity contribution < 1.29 is 14.6 Å². The van der Waals surface area contributed by atoms with Crippen molar-refractivity contribution in [3.63, 3.8) is 0 Å². The molecule has 0 aliphatic carbocycles. The molecule has 10 nitrogen and oxygen atoms in total. The molecule has 0 saturated heterocycles. The standard InChI is InChI=1S/C16H13N5O5S2/c1-26-12-5-2-10(3-6-12)9-17-15-18-19-16(28-15)27-14-7-4-11(20(22)23)8-13(14)21(24)25/h2-8H,9H2,1H3,(H,17,18). The third kappa shape index (κ3) is 4.72. The molecule has 0 aliphatic rings. The van der Waals surface area contributed by atoms with Crippen LogP contribution >= 0.6 is 23.1 Å². The zero-order chi connectivity index (χ0) is 20.1. The van der Waals surface area contributed by atoms with E-state index >= 15 is 0 Å². The van der Waals surface area contributed by atoms with Crippen LogP contribution in [0.2, 0.25) is 0 Å². The van der Waals surface area contributed by atoms with Gasteiger partial charge < -0.3 is 10.1 Å². The van der Waals surface area contributed by atoms with Crippen LogP contribution in [0.3, 0.4) is 0 Å². The predicted molar refractivity (Wildman–Crippen MR) is 104 cm³/mol. The first-order chi connectivity index (χ1) is 13.5. The van der Waals surface area contributed by atoms with E-state index in [0.717, 1.165) is 29.1 Å². The highest BCUT2D eigenvalue weighted by Crippen LogP contribution is 2.38. The van der Waals surface area contributed by atoms with Gasteiger partial charge >= 0.3 is 0 Å². The summed E-state index contributed by atoms with van der Waals surface area (Å²) in [5.74, 6) is 0.767. The van der Waals surface area contributed by atoms with Gasteiger partial charge in [-0.3, -0.25) is 20.2 Å². The fourth-order valence-corrected chi connectivity index (χ4v) is 3.98. The molecule has 1 N–H and O–H groups in total. The van der Waals surface area contributed by atoms with Gasteiger partial charge in [-0.05, 0) is 35.5 Å². The van der Waals surface area contributed by atoms with Crippen LogP contribution in [0.5, 0.6) is 5.75 Å². The highest BCUT2D eigenvalue weighted by Gasteiger charge is 2.21. The summed E-state index contributed by atoms with van der Waals surface area (Å²) in [5.41, 5.74) is 0.341. The summed E-state index contributed by atoms with van der Waals surface area (Å²) in [7, 11) is 1.60. The lowest BCUT2D eigenvalue weighted by Gasteiger charge is -2.03. The van der Waals surface area contributed by atoms with Crippen molar-refractivity contribution in [2.24, 2.45) is 0 Å². The van der Waals surface area contributed by atoms with Crippen molar-refractivity contribution in [1.29, 1.82) is 0 Å². The summed E-state index contributed by atoms with van der Waals surface area (Å²) in [5, 5.41) is 33.7. The predicted octanol–water partition coefficient (Wildman–Crippen LogP) is 4.13. The summed E-state index contributed by atoms with van der Waals surface area (Å²) in [4.78, 5) is 21.0. The van der Waals surface area contributed by atoms with Crippen LogP contribution < -0.4 is 10.1 Å². The van der Waals surface area contributed by atoms with E-state index in [2.05, 4.69) is 15.5 Å². The number of benzene rings is 2. The van der Waals surface area contributed by atoms with E-state index in [4.69, 9.17) is 4.74 Å². The third-order valence-electron chi connectivity index (χ3n) is 3.56. The van der Waals surface area contributed by atoms with Crippen molar-refractivity contribution in [2.75, 3.05) is 12.4 Å². The van der Waals surface area contributed by atoms with Gasteiger partial charge in [0.15, 0.2) is 4.34 Å². The van der Waals surface area contributed by atoms with E-state index in [-0.39, 0.29) is 16.3 Å². The molecule has 3 rings (SSSR count). The number of nitrogens with zero attached hydrogens (tertiary/aromatic N) is 4. The SMILES string of the molecule is COc1ccc(CNc2nnc(Sc3ccc([N+](=O)[O-])cc3[N+](=O)[O-])s2)cc1. The second-order valence-corrected chi connectivity index (χ2v) is 7.61. The average molecular weight is 419 g/mol. The van der Waals surface area contributed by atoms with Gasteiger partial charge in [0.2, 0.25) is 5.13 Å². The van der Waals surface area contributed by atoms with Crippen molar-refractivity contribution >= 4 is 39.6 Å². The number of hydrogen-bond donors (Lipinski definition) is 1. The fraction of sp³-hybridized carbons (Fsp3) is 0.125. The maximum Gasteiger partial charge on any atom is 0.290 e. The summed E-state index contributed by atoms with van der Waals surface area (Å²) < 4.78 is 5.59. The van der Waals surface area contributed by atoms with Crippen molar-refractivity contribution in [1.82, 2.24) is 10.2 Å². The molecule has 0 amide bonds. The number of rotatable bonds is 8. The number of aromatic nitrogens is 2. The van der Waals surface area contributed by atoms with Crippen LogP contribution in [0.15, 0.2) is 51.7 Å². The van der Waals surface area contributed by atoms with Gasteiger partial charge in [-0.25, -0.2) is 0 Å². The summed E-state index contributed by atoms with van der Waals surface area (Å²) >= 11 is 2.27. The molecular weight excluding hydrogens is 406 g/mol. The number of non-ortho nitro benzene ring substituents is 1. The van der Waals surface area contributed by atoms with Gasteiger partial charge in [-0.1, -0.05) is 23.5 Å². The van der Waals surface area contributed by atoms with E-state index in [1.54, 1.807) is 7.11 Å². The van der Waals surface area contributed by atoms with Crippen LogP contribution in [-0.4, -0.2) is 27.2 Å². The van der Waals surface area contributed by atoms with Crippen molar-refractivity contribution in [3.05, 3.63) is 68.3 Å². The first-order valence-corrected chi connectivity index (χ1v) is 9.40. The van der Waals surface area contributed by atoms with E-state index in [0.29, 0.717) is 16.0 Å². The minimum Gasteiger partial charge on any atom is -0.497 e. The lowest BCUT2D eigenvalue weighted by atomic mass is 10.2. The van der Waals surface area contributed by atoms with E-state index in [1.807, 2.05) is 24.3 Å². The molecule has 0 atom stereocenters. The number of anilines is 1. The lowest BCUT2D eigenvalue weighted by Crippen LogP contribution is -1.98. The van der Waals surface area contributed by atoms with Crippen LogP contribution in [-0.2, 0) is 6.54 Å². The number of nitrogens with one attached hydrogen (secondary N) is 1. The zero-order valence-electron chi connectivity index (χ0n) is 14.4. The number of nitro benzene ring substituents is 2. The molecule has 3 aromatic rings. The largest absolute Gasteiger partial charge is 0.497 e. The molecule has 144 valence electrons. The van der Waals surface area contributed by atoms with E-state index < -0.39 is 9.85 Å². The van der Waals surface area contributed by atoms with Crippen LogP contribution in [0.1, 0.15) is 5.56 Å². The second kappa shape index (κ2) is 8.63. The van der Waals surface area contributed by atoms with Crippen molar-refractivity contribution in [3.8, 4) is 5.75 Å². The quantitative estimate of drug-likeness (QED) is 0.422. The van der Waals surface area contributed by atoms with Gasteiger partial charge in [-0.15, -0.1) is 10.2 Å². The molecule has 0 spiro atoms. The normalized spacial score (nSPS) is 10.5. The first kappa shape index (κ1) is 19.5. The summed E-state index contributed by atoms with van der Waals surface area (Å²) in [6.45, 7) is 0.529. The number of ether oxygens (including phenoxy) is 1. The first-order valence-electron chi connectivity index (χ1n) is 7.77. The second-order valence-electron chi connectivity index (χ2n) is 5.34. The van der Waals surface area contributed by atoms with Gasteiger partial charge in [0, 0.05) is 12.6 Å². The molecule has 2 aromatic carbocycles. The zero-order valence-corrected chi connectivity index (χ0v) is 16.0. The minimum atomic E-state index is -0.673. The third-order valence-corrected chi connectivity index (χ3v) is 5.55. The highest BCUT2D eigenvalue weighted by atomic mass is 32.2. The average Bonchev–Trinajstić information content (AvgIpc) is 3.14. The topological polar surface area (TPSA) is 133 Å². The fourth-order valence-electron chi connectivity index (χ4n) is 2.19. The molecule has 0 unspecified atom stereocenters. The van der Waals surface area contributed by atoms with Crippen molar-refractivity contribution in [2.45, 2.75) is 15.8 Å². The molecule has 0 saturated carbocycles. The maximum atomic E-state index is 11.2. The molecule has 0 fully saturated rings. The van der Waals surface area contributed by atoms with Gasteiger partial charge in [-0.2, -0.15) is 0 Å². The monoisotopic (exact) mass is 419 g/mol. The number of methoxy groups -OCH3 is 1. The summed E-state index contributed by atoms with van der Waals surface area (Å²) in [6.07, 6.45) is 0. The Kier molecular flexibility index (Phi) is 6.01. The van der Waals surface area contributed by atoms with Gasteiger partial charge in [0.05, 0.1) is 27.9 Å². The Hall–Kier alpha value is -3.25. The summed E-state index contributed by atoms with van der Waals surface area (Å²) in [6, 6.07) is 11.0. The highest BCUT2D eigenvalue weighted by molar-refractivity contribution is 8.01. The van der Waals surface area contributed by atoms with Gasteiger partial charge in [0.1, 0.15) is 5.75 Å². The number of hydrogen-bond acceptors (Lipinski definition) is 10. The smallest absolute Gasteiger partial charge is 0.290 e. The Morgan fingerprint density at radius 2 is 1.86 bits per heavy atom. The lowest BCUT2D eigenvalue weighted by molar-refractivity contribution is -0.396. The Morgan fingerprint density at radius 3 is 2.50 bits per heavy atom. The van der Waals surface area contributed by atoms with E-state index in [1.165, 1.54) is 23.5 Å². The maximum absolute atomic E-state index is 11.2. The molecule has 12 heteroatoms. The Morgan fingerprint density at radius 1 is 1.11 bits per heavy atom. The Bertz CT molecular complexity index is 1010. The molecule has 28 heavy (non-hydrogen) atoms. The molecule has 0 bridgehead atoms. The van der Waals surface area contributed by atoms with E-state index in [9.17, 15) is 20.2 Å². The minimum absolute atomic E-state index is 0.258. The van der Waals surface area contributed by atoms with Gasteiger partial charge in [0.25, 0.3) is 11.4 Å². The number of nitro groups is 2. The molecular formula is C16H13N5O5S2. The Labute approximate surface area is 166 Å². The molecule has 1 aromatic heterocycles. The Balaban J connectivity index is 1.68.